The van der Waals surface area contributed by atoms with Crippen LogP contribution in [-0.4, -0.2) is 24.1 Å². The molecule has 1 fully saturated rings. The summed E-state index contributed by atoms with van der Waals surface area (Å²) < 4.78 is 0. The maximum Gasteiger partial charge on any atom is 0.240 e. The summed E-state index contributed by atoms with van der Waals surface area (Å²) in [5.41, 5.74) is 3.77. The lowest BCUT2D eigenvalue weighted by Crippen LogP contribution is -2.29. The van der Waals surface area contributed by atoms with Crippen molar-refractivity contribution in [2.75, 3.05) is 6.54 Å². The van der Waals surface area contributed by atoms with E-state index in [0.717, 1.165) is 12.3 Å². The molecule has 5 heteroatoms. The Kier molecular flexibility index (Phi) is 3.68. The normalized spacial score (nSPS) is 25.1. The summed E-state index contributed by atoms with van der Waals surface area (Å²) in [5, 5.41) is 6.92. The van der Waals surface area contributed by atoms with Crippen LogP contribution in [0.15, 0.2) is 5.10 Å². The van der Waals surface area contributed by atoms with Gasteiger partial charge in [0.2, 0.25) is 11.8 Å². The molecule has 0 bridgehead atoms. The molecule has 0 aromatic rings. The van der Waals surface area contributed by atoms with Crippen molar-refractivity contribution in [1.82, 2.24) is 10.7 Å². The molecule has 1 heterocycles. The van der Waals surface area contributed by atoms with E-state index in [4.69, 9.17) is 0 Å². The first-order chi connectivity index (χ1) is 8.47. The van der Waals surface area contributed by atoms with E-state index in [1.807, 2.05) is 0 Å². The monoisotopic (exact) mass is 251 g/mol. The summed E-state index contributed by atoms with van der Waals surface area (Å²) >= 11 is 0. The topological polar surface area (TPSA) is 70.6 Å². The van der Waals surface area contributed by atoms with E-state index < -0.39 is 0 Å². The number of amides is 2. The highest BCUT2D eigenvalue weighted by molar-refractivity contribution is 5.94. The van der Waals surface area contributed by atoms with E-state index in [0.29, 0.717) is 37.0 Å². The molecule has 1 saturated carbocycles. The van der Waals surface area contributed by atoms with Crippen LogP contribution in [0, 0.1) is 11.3 Å². The van der Waals surface area contributed by atoms with Gasteiger partial charge in [-0.1, -0.05) is 13.8 Å². The van der Waals surface area contributed by atoms with Crippen LogP contribution in [0.25, 0.3) is 0 Å². The largest absolute Gasteiger partial charge is 0.356 e. The van der Waals surface area contributed by atoms with Crippen molar-refractivity contribution in [1.29, 1.82) is 0 Å². The van der Waals surface area contributed by atoms with Crippen LogP contribution in [0.5, 0.6) is 0 Å². The molecule has 2 aliphatic rings. The number of hydrazone groups is 1. The first kappa shape index (κ1) is 13.1. The Bertz CT molecular complexity index is 388. The highest BCUT2D eigenvalue weighted by atomic mass is 16.2. The molecule has 2 rings (SSSR count). The van der Waals surface area contributed by atoms with Crippen LogP contribution in [0.4, 0.5) is 0 Å². The lowest BCUT2D eigenvalue weighted by Gasteiger charge is -2.11. The van der Waals surface area contributed by atoms with Crippen molar-refractivity contribution < 1.29 is 9.59 Å². The van der Waals surface area contributed by atoms with Gasteiger partial charge >= 0.3 is 0 Å². The van der Waals surface area contributed by atoms with Gasteiger partial charge in [0.1, 0.15) is 0 Å². The van der Waals surface area contributed by atoms with Crippen molar-refractivity contribution in [3.63, 3.8) is 0 Å². The third-order valence-corrected chi connectivity index (χ3v) is 3.88. The number of nitrogens with one attached hydrogen (secondary N) is 2. The van der Waals surface area contributed by atoms with Crippen LogP contribution < -0.4 is 10.7 Å². The van der Waals surface area contributed by atoms with Crippen molar-refractivity contribution in [3.05, 3.63) is 0 Å². The second-order valence-corrected chi connectivity index (χ2v) is 5.91. The molecule has 1 aliphatic carbocycles. The van der Waals surface area contributed by atoms with E-state index in [1.165, 1.54) is 6.42 Å². The summed E-state index contributed by atoms with van der Waals surface area (Å²) in [6.07, 6.45) is 3.46. The Balaban J connectivity index is 1.62. The molecule has 18 heavy (non-hydrogen) atoms. The minimum absolute atomic E-state index is 0.0424. The molecule has 1 atom stereocenters. The fourth-order valence-electron chi connectivity index (χ4n) is 2.20. The Morgan fingerprint density at radius 3 is 2.78 bits per heavy atom. The first-order valence-electron chi connectivity index (χ1n) is 6.58. The Morgan fingerprint density at radius 2 is 2.22 bits per heavy atom. The molecule has 0 radical (unpaired) electrons. The third kappa shape index (κ3) is 3.55. The number of hydrogen-bond acceptors (Lipinski definition) is 3. The van der Waals surface area contributed by atoms with Gasteiger partial charge in [0.15, 0.2) is 0 Å². The molecule has 5 nitrogen and oxygen atoms in total. The molecule has 0 spiro atoms. The Labute approximate surface area is 107 Å². The zero-order valence-electron chi connectivity index (χ0n) is 11.1. The molecule has 1 aliphatic heterocycles. The smallest absolute Gasteiger partial charge is 0.240 e. The second-order valence-electron chi connectivity index (χ2n) is 5.91. The minimum atomic E-state index is -0.0424. The molecule has 0 unspecified atom stereocenters. The lowest BCUT2D eigenvalue weighted by molar-refractivity contribution is -0.121. The molecular weight excluding hydrogens is 230 g/mol. The van der Waals surface area contributed by atoms with Gasteiger partial charge in [-0.25, -0.2) is 5.43 Å². The number of carbonyl (C=O) groups excluding carboxylic acids is 2. The van der Waals surface area contributed by atoms with E-state index >= 15 is 0 Å². The van der Waals surface area contributed by atoms with E-state index in [-0.39, 0.29) is 11.8 Å². The first-order valence-corrected chi connectivity index (χ1v) is 6.58. The molecular formula is C13H21N3O2. The highest BCUT2D eigenvalue weighted by Gasteiger charge is 2.45. The third-order valence-electron chi connectivity index (χ3n) is 3.88. The zero-order chi connectivity index (χ0) is 13.2. The quantitative estimate of drug-likeness (QED) is 0.770. The number of carbonyl (C=O) groups is 2. The number of rotatable bonds is 5. The average molecular weight is 251 g/mol. The highest BCUT2D eigenvalue weighted by Crippen LogP contribution is 2.50. The SMILES string of the molecule is CC1(C)C[C@H]1CNC(=O)CCC1=NNC(=O)CC1. The fraction of sp³-hybridized carbons (Fsp3) is 0.769. The summed E-state index contributed by atoms with van der Waals surface area (Å²) in [6, 6.07) is 0. The van der Waals surface area contributed by atoms with Crippen LogP contribution in [0.2, 0.25) is 0 Å². The Hall–Kier alpha value is -1.39. The van der Waals surface area contributed by atoms with Gasteiger partial charge in [-0.3, -0.25) is 9.59 Å². The second kappa shape index (κ2) is 5.08. The fourth-order valence-corrected chi connectivity index (χ4v) is 2.20. The standard InChI is InChI=1S/C13H21N3O2/c1-13(2)7-9(13)8-14-11(17)5-3-10-4-6-12(18)16-15-10/h9H,3-8H2,1-2H3,(H,14,17)(H,16,18)/t9-/m0/s1. The summed E-state index contributed by atoms with van der Waals surface area (Å²) in [4.78, 5) is 22.5. The number of hydrogen-bond donors (Lipinski definition) is 2. The van der Waals surface area contributed by atoms with Gasteiger partial charge in [-0.2, -0.15) is 5.10 Å². The van der Waals surface area contributed by atoms with E-state index in [1.54, 1.807) is 0 Å². The van der Waals surface area contributed by atoms with Crippen LogP contribution in [0.3, 0.4) is 0 Å². The molecule has 2 N–H and O–H groups in total. The average Bonchev–Trinajstić information content (AvgIpc) is 2.94. The molecule has 0 saturated heterocycles. The van der Waals surface area contributed by atoms with Crippen LogP contribution >= 0.6 is 0 Å². The van der Waals surface area contributed by atoms with Crippen molar-refractivity contribution >= 4 is 17.5 Å². The van der Waals surface area contributed by atoms with Crippen LogP contribution in [0.1, 0.15) is 46.0 Å². The van der Waals surface area contributed by atoms with Gasteiger partial charge in [0.25, 0.3) is 0 Å². The van der Waals surface area contributed by atoms with Crippen molar-refractivity contribution in [3.8, 4) is 0 Å². The summed E-state index contributed by atoms with van der Waals surface area (Å²) in [5.74, 6) is 0.671. The Morgan fingerprint density at radius 1 is 1.50 bits per heavy atom. The predicted molar refractivity (Wildman–Crippen MR) is 68.9 cm³/mol. The van der Waals surface area contributed by atoms with Crippen LogP contribution in [-0.2, 0) is 9.59 Å². The van der Waals surface area contributed by atoms with Crippen molar-refractivity contribution in [2.24, 2.45) is 16.4 Å². The summed E-state index contributed by atoms with van der Waals surface area (Å²) in [7, 11) is 0. The van der Waals surface area contributed by atoms with E-state index in [2.05, 4.69) is 29.7 Å². The van der Waals surface area contributed by atoms with Gasteiger partial charge < -0.3 is 5.32 Å². The van der Waals surface area contributed by atoms with Gasteiger partial charge in [-0.15, -0.1) is 0 Å². The van der Waals surface area contributed by atoms with Gasteiger partial charge in [0, 0.05) is 25.1 Å². The van der Waals surface area contributed by atoms with Gasteiger partial charge in [-0.05, 0) is 30.6 Å². The molecule has 100 valence electrons. The van der Waals surface area contributed by atoms with Gasteiger partial charge in [0.05, 0.1) is 0 Å². The molecule has 0 aromatic carbocycles. The summed E-state index contributed by atoms with van der Waals surface area (Å²) in [6.45, 7) is 5.24. The molecule has 0 aromatic heterocycles. The van der Waals surface area contributed by atoms with Crippen molar-refractivity contribution in [2.45, 2.75) is 46.0 Å². The minimum Gasteiger partial charge on any atom is -0.356 e. The molecule has 2 amide bonds. The maximum atomic E-state index is 11.6. The lowest BCUT2D eigenvalue weighted by atomic mass is 10.1. The predicted octanol–water partition coefficient (Wildman–Crippen LogP) is 1.19. The number of nitrogens with zero attached hydrogens (tertiary/aromatic N) is 1. The van der Waals surface area contributed by atoms with E-state index in [9.17, 15) is 9.59 Å². The maximum absolute atomic E-state index is 11.6. The zero-order valence-corrected chi connectivity index (χ0v) is 11.1.